The van der Waals surface area contributed by atoms with Gasteiger partial charge in [-0.3, -0.25) is 4.79 Å². The maximum atomic E-state index is 13.5. The van der Waals surface area contributed by atoms with E-state index in [4.69, 9.17) is 0 Å². The molecule has 3 rings (SSSR count). The van der Waals surface area contributed by atoms with E-state index in [1.165, 1.54) is 0 Å². The van der Waals surface area contributed by atoms with E-state index in [1.54, 1.807) is 6.08 Å². The number of hydrogen-bond acceptors (Lipinski definition) is 2. The zero-order chi connectivity index (χ0) is 13.0. The van der Waals surface area contributed by atoms with Gasteiger partial charge in [-0.25, -0.2) is 0 Å². The van der Waals surface area contributed by atoms with E-state index in [9.17, 15) is 18.7 Å². The molecular formula is C13H18F2O2. The Balaban J connectivity index is 2.25. The minimum atomic E-state index is -3.66. The Bertz CT molecular complexity index is 385. The van der Waals surface area contributed by atoms with Gasteiger partial charge >= 0.3 is 5.92 Å². The highest BCUT2D eigenvalue weighted by Gasteiger charge is 2.56. The van der Waals surface area contributed by atoms with Gasteiger partial charge in [0, 0.05) is 6.92 Å². The largest absolute Gasteiger partial charge is 0.382 e. The van der Waals surface area contributed by atoms with Gasteiger partial charge in [0.15, 0.2) is 0 Å². The van der Waals surface area contributed by atoms with Crippen molar-refractivity contribution in [2.45, 2.75) is 45.6 Å². The lowest BCUT2D eigenvalue weighted by Gasteiger charge is -2.57. The van der Waals surface area contributed by atoms with Gasteiger partial charge in [-0.15, -0.1) is 0 Å². The van der Waals surface area contributed by atoms with Gasteiger partial charge < -0.3 is 5.11 Å². The highest BCUT2D eigenvalue weighted by molar-refractivity contribution is 5.84. The summed E-state index contributed by atoms with van der Waals surface area (Å²) < 4.78 is 27.1. The van der Waals surface area contributed by atoms with E-state index in [1.807, 2.05) is 13.8 Å². The molecular weight excluding hydrogens is 226 g/mol. The second kappa shape index (κ2) is 3.61. The standard InChI is InChI=1S/C13H18F2O2/c1-7(16)13(14,15)11(17)9-5-4-8-6-10(9)12(8,2)3/h5,8,10-11,17H,4,6H2,1-3H3/t8-,10-,11?/m0/s1. The van der Waals surface area contributed by atoms with Crippen LogP contribution in [0, 0.1) is 17.3 Å². The first-order chi connectivity index (χ1) is 7.69. The van der Waals surface area contributed by atoms with Gasteiger partial charge in [0.05, 0.1) is 0 Å². The molecule has 0 aromatic heterocycles. The maximum absolute atomic E-state index is 13.5. The lowest BCUT2D eigenvalue weighted by atomic mass is 9.48. The molecule has 3 atom stereocenters. The Morgan fingerprint density at radius 2 is 2.18 bits per heavy atom. The highest BCUT2D eigenvalue weighted by Crippen LogP contribution is 2.60. The van der Waals surface area contributed by atoms with Gasteiger partial charge in [-0.05, 0) is 35.7 Å². The molecule has 17 heavy (non-hydrogen) atoms. The summed E-state index contributed by atoms with van der Waals surface area (Å²) in [6, 6.07) is 0. The number of Topliss-reactive ketones (excluding diaryl/α,β-unsaturated/α-hetero) is 1. The molecule has 0 radical (unpaired) electrons. The average molecular weight is 244 g/mol. The molecule has 0 spiro atoms. The number of alkyl halides is 2. The number of aliphatic hydroxyl groups is 1. The molecule has 0 aromatic rings. The fourth-order valence-electron chi connectivity index (χ4n) is 3.11. The van der Waals surface area contributed by atoms with Gasteiger partial charge in [-0.2, -0.15) is 8.78 Å². The molecule has 1 saturated carbocycles. The first-order valence-electron chi connectivity index (χ1n) is 5.96. The second-order valence-corrected chi connectivity index (χ2v) is 5.83. The van der Waals surface area contributed by atoms with Crippen molar-refractivity contribution in [3.05, 3.63) is 11.6 Å². The molecule has 2 bridgehead atoms. The van der Waals surface area contributed by atoms with Crippen LogP contribution in [0.25, 0.3) is 0 Å². The van der Waals surface area contributed by atoms with Crippen molar-refractivity contribution >= 4 is 5.78 Å². The van der Waals surface area contributed by atoms with Crippen LogP contribution in [0.4, 0.5) is 8.78 Å². The molecule has 3 aliphatic rings. The van der Waals surface area contributed by atoms with Gasteiger partial charge in [-0.1, -0.05) is 19.9 Å². The molecule has 0 amide bonds. The third-order valence-corrected chi connectivity index (χ3v) is 4.64. The number of rotatable bonds is 3. The summed E-state index contributed by atoms with van der Waals surface area (Å²) in [5.74, 6) is -4.43. The van der Waals surface area contributed by atoms with Crippen molar-refractivity contribution in [1.82, 2.24) is 0 Å². The van der Waals surface area contributed by atoms with Crippen LogP contribution in [-0.4, -0.2) is 22.9 Å². The molecule has 3 aliphatic carbocycles. The van der Waals surface area contributed by atoms with E-state index in [0.717, 1.165) is 19.8 Å². The molecule has 0 saturated heterocycles. The Labute approximate surface area is 99.7 Å². The van der Waals surface area contributed by atoms with Crippen molar-refractivity contribution in [1.29, 1.82) is 0 Å². The number of hydrogen-bond donors (Lipinski definition) is 1. The van der Waals surface area contributed by atoms with Gasteiger partial charge in [0.1, 0.15) is 6.10 Å². The summed E-state index contributed by atoms with van der Waals surface area (Å²) in [7, 11) is 0. The number of carbonyl (C=O) groups is 1. The summed E-state index contributed by atoms with van der Waals surface area (Å²) in [5, 5.41) is 9.76. The van der Waals surface area contributed by atoms with E-state index >= 15 is 0 Å². The van der Waals surface area contributed by atoms with Crippen LogP contribution in [0.3, 0.4) is 0 Å². The monoisotopic (exact) mass is 244 g/mol. The van der Waals surface area contributed by atoms with Crippen molar-refractivity contribution < 1.29 is 18.7 Å². The van der Waals surface area contributed by atoms with Gasteiger partial charge in [0.25, 0.3) is 0 Å². The zero-order valence-corrected chi connectivity index (χ0v) is 10.3. The highest BCUT2D eigenvalue weighted by atomic mass is 19.3. The van der Waals surface area contributed by atoms with Crippen LogP contribution in [0.1, 0.15) is 33.6 Å². The quantitative estimate of drug-likeness (QED) is 0.775. The number of carbonyl (C=O) groups excluding carboxylic acids is 1. The van der Waals surface area contributed by atoms with Crippen LogP contribution in [0.2, 0.25) is 0 Å². The molecule has 4 heteroatoms. The minimum absolute atomic E-state index is 0.0125. The van der Waals surface area contributed by atoms with Crippen LogP contribution < -0.4 is 0 Å². The third kappa shape index (κ3) is 1.65. The molecule has 96 valence electrons. The maximum Gasteiger partial charge on any atom is 0.333 e. The van der Waals surface area contributed by atoms with E-state index < -0.39 is 17.8 Å². The first-order valence-corrected chi connectivity index (χ1v) is 5.96. The van der Waals surface area contributed by atoms with Crippen molar-refractivity contribution in [3.63, 3.8) is 0 Å². The van der Waals surface area contributed by atoms with E-state index in [2.05, 4.69) is 0 Å². The predicted octanol–water partition coefficient (Wildman–Crippen LogP) is 2.56. The zero-order valence-electron chi connectivity index (χ0n) is 10.3. The molecule has 0 aromatic carbocycles. The van der Waals surface area contributed by atoms with E-state index in [0.29, 0.717) is 11.5 Å². The number of aliphatic hydroxyl groups excluding tert-OH is 1. The van der Waals surface area contributed by atoms with Crippen molar-refractivity contribution in [3.8, 4) is 0 Å². The Kier molecular flexibility index (Phi) is 2.69. The average Bonchev–Trinajstić information content (AvgIpc) is 2.27. The normalized spacial score (nSPS) is 32.5. The number of allylic oxidation sites excluding steroid dienone is 1. The third-order valence-electron chi connectivity index (χ3n) is 4.64. The lowest BCUT2D eigenvalue weighted by Crippen LogP contribution is -2.53. The fourth-order valence-corrected chi connectivity index (χ4v) is 3.11. The summed E-state index contributed by atoms with van der Waals surface area (Å²) in [6.45, 7) is 4.90. The fraction of sp³-hybridized carbons (Fsp3) is 0.769. The number of fused-ring (bicyclic) bond motifs is 1. The number of halogens is 2. The first kappa shape index (κ1) is 12.7. The molecule has 0 aliphatic heterocycles. The molecule has 1 fully saturated rings. The van der Waals surface area contributed by atoms with Crippen LogP contribution in [-0.2, 0) is 4.79 Å². The molecule has 1 unspecified atom stereocenters. The summed E-state index contributed by atoms with van der Waals surface area (Å²) >= 11 is 0. The SMILES string of the molecule is CC(=O)C(F)(F)C(O)C1=CC[C@H]2C[C@@H]1C2(C)C. The second-order valence-electron chi connectivity index (χ2n) is 5.83. The Hall–Kier alpha value is -0.770. The smallest absolute Gasteiger partial charge is 0.333 e. The van der Waals surface area contributed by atoms with E-state index in [-0.39, 0.29) is 11.3 Å². The van der Waals surface area contributed by atoms with Crippen LogP contribution >= 0.6 is 0 Å². The van der Waals surface area contributed by atoms with Crippen molar-refractivity contribution in [2.24, 2.45) is 17.3 Å². The summed E-state index contributed by atoms with van der Waals surface area (Å²) in [6.07, 6.45) is 1.32. The molecule has 2 nitrogen and oxygen atoms in total. The Morgan fingerprint density at radius 1 is 1.59 bits per heavy atom. The van der Waals surface area contributed by atoms with Crippen LogP contribution in [0.15, 0.2) is 11.6 Å². The molecule has 0 heterocycles. The van der Waals surface area contributed by atoms with Gasteiger partial charge in [0.2, 0.25) is 5.78 Å². The van der Waals surface area contributed by atoms with Crippen LogP contribution in [0.5, 0.6) is 0 Å². The van der Waals surface area contributed by atoms with Crippen molar-refractivity contribution in [2.75, 3.05) is 0 Å². The minimum Gasteiger partial charge on any atom is -0.382 e. The Morgan fingerprint density at radius 3 is 2.59 bits per heavy atom. The molecule has 1 N–H and O–H groups in total. The predicted molar refractivity (Wildman–Crippen MR) is 59.7 cm³/mol. The summed E-state index contributed by atoms with van der Waals surface area (Å²) in [4.78, 5) is 10.9. The summed E-state index contributed by atoms with van der Waals surface area (Å²) in [5.41, 5.74) is 0.329. The lowest BCUT2D eigenvalue weighted by molar-refractivity contribution is -0.157. The number of ketones is 1. The topological polar surface area (TPSA) is 37.3 Å².